The zero-order chi connectivity index (χ0) is 28.6. The highest BCUT2D eigenvalue weighted by atomic mass is 32.1. The fraction of sp³-hybridized carbons (Fsp3) is 0.135. The van der Waals surface area contributed by atoms with E-state index < -0.39 is 0 Å². The van der Waals surface area contributed by atoms with Gasteiger partial charge < -0.3 is 4.57 Å². The number of thiophene rings is 1. The number of nitrogens with zero attached hydrogens (tertiary/aromatic N) is 3. The highest BCUT2D eigenvalue weighted by Gasteiger charge is 2.22. The lowest BCUT2D eigenvalue weighted by Gasteiger charge is -2.16. The van der Waals surface area contributed by atoms with Crippen molar-refractivity contribution in [3.63, 3.8) is 0 Å². The van der Waals surface area contributed by atoms with Gasteiger partial charge in [0, 0.05) is 47.8 Å². The third-order valence-corrected chi connectivity index (χ3v) is 9.36. The van der Waals surface area contributed by atoms with Gasteiger partial charge >= 0.3 is 0 Å². The van der Waals surface area contributed by atoms with Crippen LogP contribution in [0.5, 0.6) is 0 Å². The third kappa shape index (κ3) is 3.69. The van der Waals surface area contributed by atoms with Crippen molar-refractivity contribution in [1.29, 1.82) is 10.5 Å². The van der Waals surface area contributed by atoms with Crippen LogP contribution in [0.15, 0.2) is 72.8 Å². The first-order chi connectivity index (χ1) is 19.8. The Morgan fingerprint density at radius 3 is 1.76 bits per heavy atom. The fourth-order valence-corrected chi connectivity index (χ4v) is 7.88. The van der Waals surface area contributed by atoms with Crippen molar-refractivity contribution in [2.24, 2.45) is 0 Å². The van der Waals surface area contributed by atoms with Crippen molar-refractivity contribution in [2.45, 2.75) is 34.6 Å². The van der Waals surface area contributed by atoms with Gasteiger partial charge in [-0.2, -0.15) is 10.5 Å². The predicted octanol–water partition coefficient (Wildman–Crippen LogP) is 10.1. The highest BCUT2D eigenvalue weighted by Crippen LogP contribution is 2.45. The fourth-order valence-electron chi connectivity index (χ4n) is 6.67. The first-order valence-corrected chi connectivity index (χ1v) is 14.5. The maximum Gasteiger partial charge on any atom is 0.0998 e. The molecular weight excluding hydrogens is 518 g/mol. The first kappa shape index (κ1) is 25.1. The molecule has 2 heterocycles. The molecule has 0 atom stereocenters. The lowest BCUT2D eigenvalue weighted by molar-refractivity contribution is 1.16. The van der Waals surface area contributed by atoms with Gasteiger partial charge in [0.1, 0.15) is 0 Å². The molecule has 0 unspecified atom stereocenters. The molecule has 5 aromatic carbocycles. The molecule has 0 aliphatic carbocycles. The molecule has 4 heteroatoms. The minimum atomic E-state index is 0.526. The van der Waals surface area contributed by atoms with Gasteiger partial charge in [-0.1, -0.05) is 41.5 Å². The summed E-state index contributed by atoms with van der Waals surface area (Å²) < 4.78 is 4.68. The maximum absolute atomic E-state index is 10.2. The molecule has 3 nitrogen and oxygen atoms in total. The van der Waals surface area contributed by atoms with Crippen LogP contribution in [-0.2, 0) is 0 Å². The van der Waals surface area contributed by atoms with E-state index in [1.807, 2.05) is 19.1 Å². The highest BCUT2D eigenvalue weighted by molar-refractivity contribution is 7.26. The second-order valence-corrected chi connectivity index (χ2v) is 12.3. The number of rotatable bonds is 2. The summed E-state index contributed by atoms with van der Waals surface area (Å²) >= 11 is 1.72. The van der Waals surface area contributed by atoms with E-state index in [-0.39, 0.29) is 0 Å². The Hall–Kier alpha value is -4.90. The third-order valence-electron chi connectivity index (χ3n) is 8.14. The molecule has 0 aliphatic heterocycles. The molecule has 2 aromatic heterocycles. The zero-order valence-corrected chi connectivity index (χ0v) is 24.5. The summed E-state index contributed by atoms with van der Waals surface area (Å²) in [7, 11) is 0. The number of nitriles is 2. The van der Waals surface area contributed by atoms with Gasteiger partial charge in [0.25, 0.3) is 0 Å². The van der Waals surface area contributed by atoms with Crippen molar-refractivity contribution in [3.05, 3.63) is 112 Å². The summed E-state index contributed by atoms with van der Waals surface area (Å²) in [5.74, 6) is 0. The lowest BCUT2D eigenvalue weighted by Crippen LogP contribution is -1.99. The average Bonchev–Trinajstić information content (AvgIpc) is 3.48. The Bertz CT molecular complexity index is 2230. The summed E-state index contributed by atoms with van der Waals surface area (Å²) in [5, 5.41) is 25.3. The molecule has 0 saturated carbocycles. The van der Waals surface area contributed by atoms with Crippen LogP contribution in [-0.4, -0.2) is 4.57 Å². The number of fused-ring (bicyclic) bond motifs is 6. The number of aryl methyl sites for hydroxylation is 5. The molecule has 0 bridgehead atoms. The lowest BCUT2D eigenvalue weighted by atomic mass is 9.92. The Morgan fingerprint density at radius 1 is 0.610 bits per heavy atom. The molecule has 0 saturated heterocycles. The minimum absolute atomic E-state index is 0.526. The molecule has 196 valence electrons. The number of hydrogen-bond donors (Lipinski definition) is 0. The largest absolute Gasteiger partial charge is 0.309 e. The quantitative estimate of drug-likeness (QED) is 0.217. The predicted molar refractivity (Wildman–Crippen MR) is 172 cm³/mol. The van der Waals surface area contributed by atoms with Crippen molar-refractivity contribution in [3.8, 4) is 29.0 Å². The Morgan fingerprint density at radius 2 is 1.17 bits per heavy atom. The monoisotopic (exact) mass is 545 g/mol. The topological polar surface area (TPSA) is 52.5 Å². The van der Waals surface area contributed by atoms with Crippen LogP contribution in [0.3, 0.4) is 0 Å². The molecule has 41 heavy (non-hydrogen) atoms. The number of aromatic nitrogens is 1. The molecule has 7 rings (SSSR count). The molecule has 0 radical (unpaired) electrons. The van der Waals surface area contributed by atoms with Crippen molar-refractivity contribution in [2.75, 3.05) is 0 Å². The Labute approximate surface area is 243 Å². The number of benzene rings is 5. The van der Waals surface area contributed by atoms with E-state index in [9.17, 15) is 10.5 Å². The van der Waals surface area contributed by atoms with Crippen LogP contribution in [0.4, 0.5) is 0 Å². The van der Waals surface area contributed by atoms with Crippen LogP contribution in [0.25, 0.3) is 58.8 Å². The maximum atomic E-state index is 10.2. The van der Waals surface area contributed by atoms with Crippen LogP contribution in [0.1, 0.15) is 38.9 Å². The summed E-state index contributed by atoms with van der Waals surface area (Å²) in [6.07, 6.45) is 0. The van der Waals surface area contributed by atoms with Gasteiger partial charge in [-0.15, -0.1) is 11.3 Å². The first-order valence-electron chi connectivity index (χ1n) is 13.7. The molecule has 0 amide bonds. The molecule has 0 N–H and O–H groups in total. The average molecular weight is 546 g/mol. The summed E-state index contributed by atoms with van der Waals surface area (Å²) in [4.78, 5) is 0. The molecule has 7 aromatic rings. The van der Waals surface area contributed by atoms with Gasteiger partial charge in [-0.05, 0) is 93.8 Å². The zero-order valence-electron chi connectivity index (χ0n) is 23.7. The van der Waals surface area contributed by atoms with Crippen molar-refractivity contribution < 1.29 is 0 Å². The molecule has 0 fully saturated rings. The summed E-state index contributed by atoms with van der Waals surface area (Å²) in [5.41, 5.74) is 11.9. The molecule has 0 aliphatic rings. The summed E-state index contributed by atoms with van der Waals surface area (Å²) in [6.45, 7) is 10.6. The van der Waals surface area contributed by atoms with E-state index in [2.05, 4.69) is 105 Å². The van der Waals surface area contributed by atoms with E-state index in [0.717, 1.165) is 26.9 Å². The van der Waals surface area contributed by atoms with Crippen LogP contribution >= 0.6 is 11.3 Å². The van der Waals surface area contributed by atoms with E-state index in [4.69, 9.17) is 0 Å². The van der Waals surface area contributed by atoms with Crippen LogP contribution in [0, 0.1) is 57.3 Å². The molecule has 0 spiro atoms. The van der Waals surface area contributed by atoms with Crippen LogP contribution < -0.4 is 0 Å². The van der Waals surface area contributed by atoms with Crippen LogP contribution in [0.2, 0.25) is 0 Å². The van der Waals surface area contributed by atoms with Crippen molar-refractivity contribution >= 4 is 53.3 Å². The normalized spacial score (nSPS) is 11.5. The van der Waals surface area contributed by atoms with Gasteiger partial charge in [-0.3, -0.25) is 0 Å². The van der Waals surface area contributed by atoms with Gasteiger partial charge in [0.2, 0.25) is 0 Å². The second kappa shape index (κ2) is 9.07. The Kier molecular flexibility index (Phi) is 5.55. The van der Waals surface area contributed by atoms with Gasteiger partial charge in [-0.25, -0.2) is 0 Å². The van der Waals surface area contributed by atoms with E-state index >= 15 is 0 Å². The standard InChI is InChI=1S/C37H27N3S/c1-20-10-23(4)35-29(14-20)30-15-21(2)11-24(5)36(30)40(35)27-16-31-28-8-6-7-9-33(28)41-37(31)32(17-27)34-25(18-38)12-22(3)13-26(34)19-39/h6-17H,1-5H3. The smallest absolute Gasteiger partial charge is 0.0998 e. The van der Waals surface area contributed by atoms with E-state index in [1.165, 1.54) is 54.1 Å². The summed E-state index contributed by atoms with van der Waals surface area (Å²) in [6, 6.07) is 30.6. The SMILES string of the molecule is Cc1cc(C#N)c(-c2cc(-n3c4c(C)cc(C)cc4c4cc(C)cc(C)c43)cc3c2sc2ccccc23)c(C#N)c1. The van der Waals surface area contributed by atoms with E-state index in [0.29, 0.717) is 16.7 Å². The number of hydrogen-bond acceptors (Lipinski definition) is 3. The van der Waals surface area contributed by atoms with Gasteiger partial charge in [0.15, 0.2) is 0 Å². The molecular formula is C37H27N3S. The minimum Gasteiger partial charge on any atom is -0.309 e. The van der Waals surface area contributed by atoms with Gasteiger partial charge in [0.05, 0.1) is 34.3 Å². The van der Waals surface area contributed by atoms with Crippen molar-refractivity contribution in [1.82, 2.24) is 4.57 Å². The Balaban J connectivity index is 1.72. The van der Waals surface area contributed by atoms with E-state index in [1.54, 1.807) is 11.3 Å². The second-order valence-electron chi connectivity index (χ2n) is 11.2.